The van der Waals surface area contributed by atoms with Gasteiger partial charge < -0.3 is 14.7 Å². The van der Waals surface area contributed by atoms with Crippen LogP contribution in [-0.4, -0.2) is 34.8 Å². The largest absolute Gasteiger partial charge is 0.385 e. The van der Waals surface area contributed by atoms with E-state index in [4.69, 9.17) is 27.7 Å². The summed E-state index contributed by atoms with van der Waals surface area (Å²) in [7, 11) is 0. The minimum absolute atomic E-state index is 0.493. The lowest BCUT2D eigenvalue weighted by molar-refractivity contribution is 0.371. The third-order valence-electron chi connectivity index (χ3n) is 4.82. The summed E-state index contributed by atoms with van der Waals surface area (Å²) in [4.78, 5) is 10.9. The van der Waals surface area contributed by atoms with Crippen molar-refractivity contribution >= 4 is 34.9 Å². The molecule has 2 aromatic heterocycles. The average molecular weight is 418 g/mol. The molecule has 0 spiro atoms. The molecule has 28 heavy (non-hydrogen) atoms. The van der Waals surface area contributed by atoms with E-state index in [1.807, 2.05) is 19.2 Å². The number of halogens is 2. The number of rotatable bonds is 5. The molecule has 1 saturated heterocycles. The predicted octanol–water partition coefficient (Wildman–Crippen LogP) is 5.08. The maximum absolute atomic E-state index is 6.08. The number of pyridine rings is 1. The Morgan fingerprint density at radius 2 is 2.04 bits per heavy atom. The van der Waals surface area contributed by atoms with Gasteiger partial charge in [-0.15, -0.1) is 0 Å². The van der Waals surface area contributed by atoms with Crippen molar-refractivity contribution in [3.8, 4) is 11.4 Å². The van der Waals surface area contributed by atoms with Gasteiger partial charge in [-0.3, -0.25) is 4.98 Å². The maximum Gasteiger partial charge on any atom is 0.324 e. The lowest BCUT2D eigenvalue weighted by Gasteiger charge is -2.31. The lowest BCUT2D eigenvalue weighted by atomic mass is 9.98. The van der Waals surface area contributed by atoms with Gasteiger partial charge in [0.15, 0.2) is 0 Å². The molecule has 146 valence electrons. The first-order chi connectivity index (χ1) is 13.6. The van der Waals surface area contributed by atoms with Crippen molar-refractivity contribution in [3.05, 3.63) is 52.3 Å². The van der Waals surface area contributed by atoms with E-state index in [-0.39, 0.29) is 0 Å². The van der Waals surface area contributed by atoms with Crippen LogP contribution in [0.15, 0.2) is 41.1 Å². The van der Waals surface area contributed by atoms with Crippen LogP contribution in [-0.2, 0) is 0 Å². The topological polar surface area (TPSA) is 67.1 Å². The lowest BCUT2D eigenvalue weighted by Crippen LogP contribution is -2.38. The van der Waals surface area contributed by atoms with Crippen LogP contribution in [0, 0.1) is 12.8 Å². The smallest absolute Gasteiger partial charge is 0.324 e. The molecule has 8 heteroatoms. The molecule has 1 aromatic carbocycles. The summed E-state index contributed by atoms with van der Waals surface area (Å²) in [5.41, 5.74) is 2.85. The highest BCUT2D eigenvalue weighted by atomic mass is 35.5. The zero-order valence-corrected chi connectivity index (χ0v) is 17.0. The molecule has 0 amide bonds. The Morgan fingerprint density at radius 1 is 1.21 bits per heavy atom. The predicted molar refractivity (Wildman–Crippen MR) is 112 cm³/mol. The zero-order valence-electron chi connectivity index (χ0n) is 15.5. The fourth-order valence-electron chi connectivity index (χ4n) is 3.47. The van der Waals surface area contributed by atoms with Crippen LogP contribution in [0.25, 0.3) is 11.4 Å². The molecule has 1 N–H and O–H groups in total. The van der Waals surface area contributed by atoms with E-state index in [0.717, 1.165) is 43.0 Å². The van der Waals surface area contributed by atoms with E-state index in [0.29, 0.717) is 27.8 Å². The molecule has 3 aromatic rings. The van der Waals surface area contributed by atoms with Crippen molar-refractivity contribution in [2.45, 2.75) is 19.8 Å². The molecular formula is C20H21Cl2N5O. The summed E-state index contributed by atoms with van der Waals surface area (Å²) in [6, 6.07) is 9.83. The van der Waals surface area contributed by atoms with Crippen LogP contribution >= 0.6 is 23.2 Å². The van der Waals surface area contributed by atoms with Gasteiger partial charge in [0.25, 0.3) is 0 Å². The van der Waals surface area contributed by atoms with Crippen LogP contribution in [0.4, 0.5) is 11.7 Å². The van der Waals surface area contributed by atoms with Crippen LogP contribution in [0.1, 0.15) is 18.5 Å². The monoisotopic (exact) mass is 417 g/mol. The molecule has 4 rings (SSSR count). The number of piperidine rings is 1. The van der Waals surface area contributed by atoms with E-state index < -0.39 is 0 Å². The normalized spacial score (nSPS) is 17.0. The fraction of sp³-hybridized carbons (Fsp3) is 0.350. The molecule has 1 aliphatic heterocycles. The first kappa shape index (κ1) is 19.0. The van der Waals surface area contributed by atoms with Gasteiger partial charge in [0.2, 0.25) is 5.82 Å². The maximum atomic E-state index is 6.08. The molecule has 0 aliphatic carbocycles. The minimum atomic E-state index is 0.493. The third-order valence-corrected chi connectivity index (χ3v) is 5.25. The number of aryl methyl sites for hydroxylation is 1. The molecular weight excluding hydrogens is 397 g/mol. The Kier molecular flexibility index (Phi) is 5.69. The molecule has 0 bridgehead atoms. The zero-order chi connectivity index (χ0) is 19.5. The molecule has 3 heterocycles. The van der Waals surface area contributed by atoms with E-state index in [9.17, 15) is 0 Å². The SMILES string of the molecule is Cc1cc(NCC2CCCN(c3nc(-c4cc(Cl)cc(Cl)c4)no3)C2)ccn1. The van der Waals surface area contributed by atoms with E-state index in [1.54, 1.807) is 18.2 Å². The Labute approximate surface area is 173 Å². The van der Waals surface area contributed by atoms with Gasteiger partial charge in [-0.2, -0.15) is 4.98 Å². The Morgan fingerprint density at radius 3 is 2.82 bits per heavy atom. The first-order valence-corrected chi connectivity index (χ1v) is 10.0. The summed E-state index contributed by atoms with van der Waals surface area (Å²) in [5.74, 6) is 0.991. The molecule has 0 radical (unpaired) electrons. The summed E-state index contributed by atoms with van der Waals surface area (Å²) in [5, 5.41) is 8.70. The molecule has 1 unspecified atom stereocenters. The second-order valence-corrected chi connectivity index (χ2v) is 7.95. The van der Waals surface area contributed by atoms with Crippen molar-refractivity contribution in [1.29, 1.82) is 0 Å². The average Bonchev–Trinajstić information content (AvgIpc) is 3.16. The second kappa shape index (κ2) is 8.37. The highest BCUT2D eigenvalue weighted by Gasteiger charge is 2.24. The highest BCUT2D eigenvalue weighted by molar-refractivity contribution is 6.35. The fourth-order valence-corrected chi connectivity index (χ4v) is 3.99. The molecule has 1 fully saturated rings. The number of hydrogen-bond acceptors (Lipinski definition) is 6. The van der Waals surface area contributed by atoms with Gasteiger partial charge in [0, 0.05) is 52.8 Å². The van der Waals surface area contributed by atoms with Crippen molar-refractivity contribution in [3.63, 3.8) is 0 Å². The van der Waals surface area contributed by atoms with Crippen molar-refractivity contribution in [1.82, 2.24) is 15.1 Å². The number of nitrogens with one attached hydrogen (secondary N) is 1. The minimum Gasteiger partial charge on any atom is -0.385 e. The van der Waals surface area contributed by atoms with Crippen molar-refractivity contribution in [2.75, 3.05) is 29.9 Å². The number of anilines is 2. The van der Waals surface area contributed by atoms with Gasteiger partial charge in [0.05, 0.1) is 0 Å². The van der Waals surface area contributed by atoms with Crippen LogP contribution in [0.5, 0.6) is 0 Å². The summed E-state index contributed by atoms with van der Waals surface area (Å²) < 4.78 is 5.52. The number of hydrogen-bond donors (Lipinski definition) is 1. The van der Waals surface area contributed by atoms with Crippen LogP contribution < -0.4 is 10.2 Å². The quantitative estimate of drug-likeness (QED) is 0.624. The number of aromatic nitrogens is 3. The molecule has 1 atom stereocenters. The van der Waals surface area contributed by atoms with Crippen molar-refractivity contribution in [2.24, 2.45) is 5.92 Å². The Bertz CT molecular complexity index is 941. The Balaban J connectivity index is 1.41. The first-order valence-electron chi connectivity index (χ1n) is 9.28. The van der Waals surface area contributed by atoms with Crippen LogP contribution in [0.3, 0.4) is 0 Å². The van der Waals surface area contributed by atoms with Gasteiger partial charge in [0.1, 0.15) is 0 Å². The van der Waals surface area contributed by atoms with E-state index in [1.165, 1.54) is 6.42 Å². The highest BCUT2D eigenvalue weighted by Crippen LogP contribution is 2.28. The summed E-state index contributed by atoms with van der Waals surface area (Å²) >= 11 is 12.2. The number of benzene rings is 1. The molecule has 1 aliphatic rings. The van der Waals surface area contributed by atoms with E-state index in [2.05, 4.69) is 31.4 Å². The molecule has 6 nitrogen and oxygen atoms in total. The van der Waals surface area contributed by atoms with Gasteiger partial charge in [-0.1, -0.05) is 28.4 Å². The molecule has 0 saturated carbocycles. The second-order valence-electron chi connectivity index (χ2n) is 7.08. The van der Waals surface area contributed by atoms with Crippen molar-refractivity contribution < 1.29 is 4.52 Å². The summed E-state index contributed by atoms with van der Waals surface area (Å²) in [6.45, 7) is 4.66. The van der Waals surface area contributed by atoms with Gasteiger partial charge in [-0.25, -0.2) is 0 Å². The van der Waals surface area contributed by atoms with E-state index >= 15 is 0 Å². The Hall–Kier alpha value is -2.31. The third kappa shape index (κ3) is 4.56. The number of nitrogens with zero attached hydrogens (tertiary/aromatic N) is 4. The van der Waals surface area contributed by atoms with Crippen LogP contribution in [0.2, 0.25) is 10.0 Å². The summed E-state index contributed by atoms with van der Waals surface area (Å²) in [6.07, 6.45) is 4.08. The standard InChI is InChI=1S/C20H21Cl2N5O/c1-13-7-18(4-5-23-13)24-11-14-3-2-6-27(12-14)20-25-19(26-28-20)15-8-16(21)10-17(22)9-15/h4-5,7-10,14H,2-3,6,11-12H2,1H3,(H,23,24). The van der Waals surface area contributed by atoms with Gasteiger partial charge in [-0.05, 0) is 56.0 Å². The van der Waals surface area contributed by atoms with Gasteiger partial charge >= 0.3 is 6.01 Å².